The lowest BCUT2D eigenvalue weighted by atomic mass is 9.99. The molecule has 0 saturated heterocycles. The van der Waals surface area contributed by atoms with Crippen LogP contribution in [0.1, 0.15) is 23.4 Å². The third-order valence-corrected chi connectivity index (χ3v) is 6.34. The van der Waals surface area contributed by atoms with E-state index in [1.54, 1.807) is 52.7 Å². The molecule has 2 N–H and O–H groups in total. The van der Waals surface area contributed by atoms with Crippen LogP contribution in [0.5, 0.6) is 0 Å². The summed E-state index contributed by atoms with van der Waals surface area (Å²) in [6, 6.07) is 11.1. The summed E-state index contributed by atoms with van der Waals surface area (Å²) in [5.41, 5.74) is 3.59. The Hall–Kier alpha value is -3.85. The van der Waals surface area contributed by atoms with Crippen molar-refractivity contribution in [3.05, 3.63) is 87.8 Å². The average molecular weight is 447 g/mol. The lowest BCUT2D eigenvalue weighted by molar-refractivity contribution is -0.113. The minimum Gasteiger partial charge on any atom is -0.328 e. The zero-order chi connectivity index (χ0) is 22.2. The molecule has 0 bridgehead atoms. The molecule has 1 atom stereocenters. The third-order valence-electron chi connectivity index (χ3n) is 5.27. The summed E-state index contributed by atoms with van der Waals surface area (Å²) in [7, 11) is 0. The van der Waals surface area contributed by atoms with Crippen LogP contribution >= 0.6 is 11.3 Å². The molecular weight excluding hydrogens is 427 g/mol. The number of halogens is 1. The molecule has 4 heterocycles. The Morgan fingerprint density at radius 2 is 2.00 bits per heavy atom. The zero-order valence-corrected chi connectivity index (χ0v) is 18.2. The van der Waals surface area contributed by atoms with Crippen LogP contribution < -0.4 is 10.6 Å². The van der Waals surface area contributed by atoms with Crippen LogP contribution in [0.4, 0.5) is 16.0 Å². The lowest BCUT2D eigenvalue weighted by Crippen LogP contribution is -2.31. The highest BCUT2D eigenvalue weighted by Crippen LogP contribution is 2.40. The Balaban J connectivity index is 1.60. The molecule has 160 valence electrons. The second-order valence-electron chi connectivity index (χ2n) is 7.44. The van der Waals surface area contributed by atoms with Crippen molar-refractivity contribution in [2.45, 2.75) is 19.9 Å². The van der Waals surface area contributed by atoms with Gasteiger partial charge in [0.1, 0.15) is 11.9 Å². The van der Waals surface area contributed by atoms with Gasteiger partial charge in [0.05, 0.1) is 17.5 Å². The molecular formula is C23H19FN6OS. The second-order valence-corrected chi connectivity index (χ2v) is 8.39. The van der Waals surface area contributed by atoms with Crippen molar-refractivity contribution in [1.82, 2.24) is 19.7 Å². The van der Waals surface area contributed by atoms with Crippen LogP contribution in [-0.4, -0.2) is 25.7 Å². The molecule has 1 amide bonds. The number of hydrogen-bond donors (Lipinski definition) is 2. The summed E-state index contributed by atoms with van der Waals surface area (Å²) in [6.45, 7) is 3.86. The number of aryl methyl sites for hydroxylation is 1. The van der Waals surface area contributed by atoms with E-state index in [2.05, 4.69) is 20.6 Å². The van der Waals surface area contributed by atoms with Crippen molar-refractivity contribution in [1.29, 1.82) is 0 Å². The van der Waals surface area contributed by atoms with E-state index in [9.17, 15) is 9.18 Å². The van der Waals surface area contributed by atoms with Gasteiger partial charge in [-0.3, -0.25) is 9.78 Å². The summed E-state index contributed by atoms with van der Waals surface area (Å²) in [5.74, 6) is 0.408. The highest BCUT2D eigenvalue weighted by atomic mass is 32.1. The number of nitrogens with one attached hydrogen (secondary N) is 2. The summed E-state index contributed by atoms with van der Waals surface area (Å²) in [6.07, 6.45) is 3.25. The average Bonchev–Trinajstić information content (AvgIpc) is 3.40. The van der Waals surface area contributed by atoms with Crippen LogP contribution in [0.25, 0.3) is 11.4 Å². The van der Waals surface area contributed by atoms with Crippen LogP contribution in [-0.2, 0) is 4.79 Å². The first-order valence-electron chi connectivity index (χ1n) is 9.97. The number of thiophene rings is 1. The molecule has 0 saturated carbocycles. The smallest absolute Gasteiger partial charge is 0.255 e. The van der Waals surface area contributed by atoms with Gasteiger partial charge in [-0.15, -0.1) is 16.4 Å². The van der Waals surface area contributed by atoms with E-state index in [1.165, 1.54) is 12.1 Å². The number of fused-ring (bicyclic) bond motifs is 1. The molecule has 1 aliphatic rings. The molecule has 0 fully saturated rings. The molecule has 5 rings (SSSR count). The molecule has 0 spiro atoms. The Bertz CT molecular complexity index is 1330. The first-order chi connectivity index (χ1) is 15.5. The molecule has 0 radical (unpaired) electrons. The maximum atomic E-state index is 13.4. The van der Waals surface area contributed by atoms with E-state index < -0.39 is 6.04 Å². The highest BCUT2D eigenvalue weighted by Gasteiger charge is 2.36. The monoisotopic (exact) mass is 446 g/mol. The van der Waals surface area contributed by atoms with Crippen molar-refractivity contribution >= 4 is 28.9 Å². The van der Waals surface area contributed by atoms with Gasteiger partial charge in [-0.25, -0.2) is 9.07 Å². The molecule has 32 heavy (non-hydrogen) atoms. The number of pyridine rings is 1. The quantitative estimate of drug-likeness (QED) is 0.471. The number of aromatic nitrogens is 4. The molecule has 1 aliphatic heterocycles. The molecule has 3 aromatic heterocycles. The first-order valence-corrected chi connectivity index (χ1v) is 10.8. The Morgan fingerprint density at radius 1 is 1.19 bits per heavy atom. The predicted octanol–water partition coefficient (Wildman–Crippen LogP) is 4.78. The van der Waals surface area contributed by atoms with Gasteiger partial charge < -0.3 is 10.6 Å². The number of carbonyl (C=O) groups excluding carboxylic acids is 1. The van der Waals surface area contributed by atoms with E-state index >= 15 is 0 Å². The van der Waals surface area contributed by atoms with Crippen molar-refractivity contribution < 1.29 is 9.18 Å². The van der Waals surface area contributed by atoms with Gasteiger partial charge in [-0.2, -0.15) is 4.98 Å². The van der Waals surface area contributed by atoms with E-state index in [0.29, 0.717) is 34.3 Å². The number of amides is 1. The van der Waals surface area contributed by atoms with E-state index in [4.69, 9.17) is 5.10 Å². The normalized spacial score (nSPS) is 15.3. The molecule has 4 aromatic rings. The van der Waals surface area contributed by atoms with Crippen LogP contribution in [0, 0.1) is 12.7 Å². The van der Waals surface area contributed by atoms with Crippen LogP contribution in [0.3, 0.4) is 0 Å². The maximum Gasteiger partial charge on any atom is 0.255 e. The zero-order valence-electron chi connectivity index (χ0n) is 17.3. The van der Waals surface area contributed by atoms with E-state index in [-0.39, 0.29) is 11.7 Å². The van der Waals surface area contributed by atoms with Crippen molar-refractivity contribution in [2.75, 3.05) is 10.6 Å². The molecule has 1 aromatic carbocycles. The van der Waals surface area contributed by atoms with Crippen LogP contribution in [0.2, 0.25) is 0 Å². The lowest BCUT2D eigenvalue weighted by Gasteiger charge is -2.28. The standard InChI is InChI=1S/C23H19FN6OS/c1-13-9-11-32-20(13)19-18(22(31)27-17-4-3-10-25-12-17)14(2)26-23-28-21(29-30(19)23)15-5-7-16(24)8-6-15/h3-12,19H,1-2H3,(H,27,31)(H,26,28,29). The van der Waals surface area contributed by atoms with E-state index in [0.717, 1.165) is 10.4 Å². The van der Waals surface area contributed by atoms with Crippen molar-refractivity contribution in [3.8, 4) is 11.4 Å². The van der Waals surface area contributed by atoms with Gasteiger partial charge in [0.2, 0.25) is 5.95 Å². The van der Waals surface area contributed by atoms with E-state index in [1.807, 2.05) is 25.3 Å². The summed E-state index contributed by atoms with van der Waals surface area (Å²) >= 11 is 1.56. The maximum absolute atomic E-state index is 13.4. The van der Waals surface area contributed by atoms with Gasteiger partial charge in [0.15, 0.2) is 5.82 Å². The Morgan fingerprint density at radius 3 is 2.69 bits per heavy atom. The fraction of sp³-hybridized carbons (Fsp3) is 0.130. The molecule has 1 unspecified atom stereocenters. The number of benzene rings is 1. The van der Waals surface area contributed by atoms with Crippen LogP contribution in [0.15, 0.2) is 71.5 Å². The van der Waals surface area contributed by atoms with Gasteiger partial charge >= 0.3 is 0 Å². The molecule has 7 nitrogen and oxygen atoms in total. The van der Waals surface area contributed by atoms with Gasteiger partial charge in [0.25, 0.3) is 5.91 Å². The summed E-state index contributed by atoms with van der Waals surface area (Å²) < 4.78 is 15.1. The highest BCUT2D eigenvalue weighted by molar-refractivity contribution is 7.10. The minimum absolute atomic E-state index is 0.245. The van der Waals surface area contributed by atoms with Gasteiger partial charge in [0, 0.05) is 22.3 Å². The number of hydrogen-bond acceptors (Lipinski definition) is 6. The third kappa shape index (κ3) is 3.56. The number of rotatable bonds is 4. The summed E-state index contributed by atoms with van der Waals surface area (Å²) in [5, 5.41) is 12.8. The topological polar surface area (TPSA) is 84.7 Å². The fourth-order valence-corrected chi connectivity index (χ4v) is 4.73. The fourth-order valence-electron chi connectivity index (χ4n) is 3.71. The number of nitrogens with zero attached hydrogens (tertiary/aromatic N) is 4. The summed E-state index contributed by atoms with van der Waals surface area (Å²) in [4.78, 5) is 23.1. The second kappa shape index (κ2) is 8.01. The number of anilines is 2. The number of carbonyl (C=O) groups is 1. The first kappa shape index (κ1) is 20.1. The molecule has 0 aliphatic carbocycles. The SMILES string of the molecule is CC1=C(C(=O)Nc2cccnc2)C(c2sccc2C)n2nc(-c3ccc(F)cc3)nc2N1. The number of allylic oxidation sites excluding steroid dienone is 1. The predicted molar refractivity (Wildman–Crippen MR) is 122 cm³/mol. The van der Waals surface area contributed by atoms with Crippen molar-refractivity contribution in [2.24, 2.45) is 0 Å². The molecule has 9 heteroatoms. The van der Waals surface area contributed by atoms with Gasteiger partial charge in [-0.1, -0.05) is 0 Å². The largest absolute Gasteiger partial charge is 0.328 e. The van der Waals surface area contributed by atoms with Gasteiger partial charge in [-0.05, 0) is 67.3 Å². The Labute approximate surface area is 187 Å². The van der Waals surface area contributed by atoms with Crippen molar-refractivity contribution in [3.63, 3.8) is 0 Å². The Kier molecular flexibility index (Phi) is 5.02. The minimum atomic E-state index is -0.454.